The summed E-state index contributed by atoms with van der Waals surface area (Å²) in [6.07, 6.45) is 15.5. The van der Waals surface area contributed by atoms with Crippen LogP contribution < -0.4 is 23.5 Å². The molecule has 0 fully saturated rings. The summed E-state index contributed by atoms with van der Waals surface area (Å²) in [4.78, 5) is 11.1. The first kappa shape index (κ1) is 26.3. The van der Waals surface area contributed by atoms with Gasteiger partial charge in [-0.05, 0) is 48.0 Å². The Kier molecular flexibility index (Phi) is 8.55. The van der Waals surface area contributed by atoms with Gasteiger partial charge in [0, 0.05) is 17.7 Å². The number of hydrogen-bond acceptors (Lipinski definition) is 8. The van der Waals surface area contributed by atoms with Crippen molar-refractivity contribution in [3.63, 3.8) is 0 Å². The van der Waals surface area contributed by atoms with Crippen LogP contribution in [0.2, 0.25) is 0 Å². The second-order valence-corrected chi connectivity index (χ2v) is 9.23. The van der Waals surface area contributed by atoms with Crippen molar-refractivity contribution in [2.24, 2.45) is 7.05 Å². The molecule has 0 saturated carbocycles. The molecule has 1 aliphatic rings. The van der Waals surface area contributed by atoms with E-state index in [4.69, 9.17) is 28.4 Å². The van der Waals surface area contributed by atoms with Crippen LogP contribution in [0.25, 0.3) is 22.4 Å². The Bertz CT molecular complexity index is 1650. The van der Waals surface area contributed by atoms with Crippen LogP contribution in [-0.2, 0) is 16.5 Å². The van der Waals surface area contributed by atoms with E-state index in [0.717, 1.165) is 10.6 Å². The predicted molar refractivity (Wildman–Crippen MR) is 151 cm³/mol. The molecular weight excluding hydrogens is 530 g/mol. The van der Waals surface area contributed by atoms with Gasteiger partial charge in [-0.15, -0.1) is 0 Å². The Hall–Kier alpha value is -5.28. The highest BCUT2D eigenvalue weighted by Gasteiger charge is 2.13. The third kappa shape index (κ3) is 6.58. The number of benzene rings is 3. The fourth-order valence-electron chi connectivity index (χ4n) is 3.66. The Balaban J connectivity index is 1.34. The largest absolute Gasteiger partial charge is 0.466 e. The van der Waals surface area contributed by atoms with E-state index < -0.39 is 0 Å². The molecule has 0 unspecified atom stereocenters. The first-order chi connectivity index (χ1) is 19.7. The van der Waals surface area contributed by atoms with Gasteiger partial charge in [0.15, 0.2) is 23.0 Å². The van der Waals surface area contributed by atoms with Crippen LogP contribution in [0.3, 0.4) is 0 Å². The van der Waals surface area contributed by atoms with Crippen LogP contribution in [0.4, 0.5) is 0 Å². The lowest BCUT2D eigenvalue weighted by Crippen LogP contribution is -2.28. The van der Waals surface area contributed by atoms with Crippen LogP contribution in [0.1, 0.15) is 20.9 Å². The van der Waals surface area contributed by atoms with Gasteiger partial charge in [-0.25, -0.2) is 0 Å². The van der Waals surface area contributed by atoms with Gasteiger partial charge in [-0.1, -0.05) is 29.5 Å². The molecule has 0 N–H and O–H groups in total. The van der Waals surface area contributed by atoms with Crippen molar-refractivity contribution in [2.75, 3.05) is 0 Å². The predicted octanol–water partition coefficient (Wildman–Crippen LogP) is 6.86. The monoisotopic (exact) mass is 554 g/mol. The molecule has 200 valence electrons. The summed E-state index contributed by atoms with van der Waals surface area (Å²) >= 11 is 1.72. The van der Waals surface area contributed by atoms with Crippen molar-refractivity contribution in [3.05, 3.63) is 127 Å². The molecule has 0 amide bonds. The molecule has 5 rings (SSSR count). The van der Waals surface area contributed by atoms with E-state index in [9.17, 15) is 4.79 Å². The molecule has 0 spiro atoms. The number of nitrogens with zero attached hydrogens (tertiary/aromatic N) is 1. The maximum Gasteiger partial charge on any atom is 0.262 e. The maximum absolute atomic E-state index is 11.1. The molecule has 0 saturated heterocycles. The van der Waals surface area contributed by atoms with Gasteiger partial charge in [0.25, 0.3) is 5.01 Å². The molecule has 9 heteroatoms. The SMILES string of the molecule is C[n+]1c(/C=C/c2ccc3c(c2)O/C=C\O/C=C\Oc2cc(C=O)ccc2O/C=C\O/C=C\O3)sc2ccccc21. The number of aryl methyl sites for hydroxylation is 1. The van der Waals surface area contributed by atoms with Gasteiger partial charge in [0.05, 0.1) is 0 Å². The van der Waals surface area contributed by atoms with Crippen molar-refractivity contribution in [1.29, 1.82) is 0 Å². The minimum absolute atomic E-state index is 0.313. The van der Waals surface area contributed by atoms with Crippen molar-refractivity contribution in [1.82, 2.24) is 0 Å². The molecule has 2 heterocycles. The second-order valence-electron chi connectivity index (χ2n) is 8.16. The topological polar surface area (TPSA) is 76.3 Å². The number of aromatic nitrogens is 1. The smallest absolute Gasteiger partial charge is 0.262 e. The van der Waals surface area contributed by atoms with E-state index in [2.05, 4.69) is 22.8 Å². The van der Waals surface area contributed by atoms with E-state index in [1.54, 1.807) is 29.5 Å². The summed E-state index contributed by atoms with van der Waals surface area (Å²) < 4.78 is 36.6. The van der Waals surface area contributed by atoms with Crippen molar-refractivity contribution >= 4 is 40.0 Å². The molecule has 8 nitrogen and oxygen atoms in total. The lowest BCUT2D eigenvalue weighted by molar-refractivity contribution is -0.642. The zero-order valence-corrected chi connectivity index (χ0v) is 22.2. The molecule has 0 radical (unpaired) electrons. The number of carbonyl (C=O) groups is 1. The standard InChI is InChI=1S/C31H24NO7S/c1-32-25-4-2-3-5-30(25)40-31(32)11-8-23-6-9-26-28(20-23)38-18-14-35-15-19-39-29-21-24(22-33)7-10-27(29)37-17-13-34-12-16-36-26/h2-22H,1H3/q+1/b11-8+,16-12-,17-13-,18-14-,19-15-. The molecule has 1 aromatic heterocycles. The molecule has 1 aliphatic heterocycles. The summed E-state index contributed by atoms with van der Waals surface area (Å²) in [5.74, 6) is 1.61. The zero-order valence-electron chi connectivity index (χ0n) is 21.3. The lowest BCUT2D eigenvalue weighted by atomic mass is 10.2. The number of thiazole rings is 1. The third-order valence-electron chi connectivity index (χ3n) is 5.58. The lowest BCUT2D eigenvalue weighted by Gasteiger charge is -2.09. The molecule has 0 bridgehead atoms. The quantitative estimate of drug-likeness (QED) is 0.202. The van der Waals surface area contributed by atoms with Crippen molar-refractivity contribution < 1.29 is 37.8 Å². The molecule has 0 aliphatic carbocycles. The van der Waals surface area contributed by atoms with Crippen molar-refractivity contribution in [2.45, 2.75) is 0 Å². The Morgan fingerprint density at radius 3 is 1.77 bits per heavy atom. The fraction of sp³-hybridized carbons (Fsp3) is 0.0323. The number of rotatable bonds is 3. The van der Waals surface area contributed by atoms with E-state index >= 15 is 0 Å². The summed E-state index contributed by atoms with van der Waals surface area (Å²) in [5, 5.41) is 1.11. The number of aldehydes is 1. The summed E-state index contributed by atoms with van der Waals surface area (Å²) in [7, 11) is 2.05. The Morgan fingerprint density at radius 2 is 1.18 bits per heavy atom. The van der Waals surface area contributed by atoms with Crippen molar-refractivity contribution in [3.8, 4) is 23.0 Å². The number of para-hydroxylation sites is 1. The average Bonchev–Trinajstić information content (AvgIpc) is 3.30. The van der Waals surface area contributed by atoms with Crippen LogP contribution >= 0.6 is 11.3 Å². The number of carbonyl (C=O) groups excluding carboxylic acids is 1. The Labute approximate surface area is 234 Å². The third-order valence-corrected chi connectivity index (χ3v) is 6.76. The minimum atomic E-state index is 0.313. The van der Waals surface area contributed by atoms with E-state index in [1.165, 1.54) is 66.4 Å². The zero-order chi connectivity index (χ0) is 27.6. The van der Waals surface area contributed by atoms with Crippen LogP contribution in [0.5, 0.6) is 23.0 Å². The summed E-state index contributed by atoms with van der Waals surface area (Å²) in [6, 6.07) is 18.6. The molecule has 40 heavy (non-hydrogen) atoms. The van der Waals surface area contributed by atoms with Gasteiger partial charge in [-0.3, -0.25) is 4.79 Å². The van der Waals surface area contributed by atoms with E-state index in [1.807, 2.05) is 37.4 Å². The van der Waals surface area contributed by atoms with Crippen LogP contribution in [-0.4, -0.2) is 6.29 Å². The highest BCUT2D eigenvalue weighted by atomic mass is 32.1. The van der Waals surface area contributed by atoms with Crippen LogP contribution in [0, 0.1) is 0 Å². The van der Waals surface area contributed by atoms with Gasteiger partial charge < -0.3 is 28.4 Å². The number of fused-ring (bicyclic) bond motifs is 3. The Morgan fingerprint density at radius 1 is 0.625 bits per heavy atom. The van der Waals surface area contributed by atoms with Crippen LogP contribution in [0.15, 0.2) is 111 Å². The first-order valence-corrected chi connectivity index (χ1v) is 12.9. The second kappa shape index (κ2) is 13.0. The average molecular weight is 555 g/mol. The fourth-order valence-corrected chi connectivity index (χ4v) is 4.72. The maximum atomic E-state index is 11.1. The number of ether oxygens (including phenoxy) is 6. The normalized spacial score (nSPS) is 16.6. The molecule has 3 aromatic carbocycles. The van der Waals surface area contributed by atoms with E-state index in [-0.39, 0.29) is 0 Å². The summed E-state index contributed by atoms with van der Waals surface area (Å²) in [6.45, 7) is 0. The molecule has 4 aromatic rings. The van der Waals surface area contributed by atoms with Gasteiger partial charge >= 0.3 is 0 Å². The molecular formula is C31H24NO7S+. The summed E-state index contributed by atoms with van der Waals surface area (Å²) in [5.41, 5.74) is 2.53. The van der Waals surface area contributed by atoms with E-state index in [0.29, 0.717) is 34.8 Å². The van der Waals surface area contributed by atoms with Gasteiger partial charge in [0.1, 0.15) is 68.1 Å². The minimum Gasteiger partial charge on any atom is -0.466 e. The highest BCUT2D eigenvalue weighted by molar-refractivity contribution is 7.18. The number of hydrogen-bond donors (Lipinski definition) is 0. The van der Waals surface area contributed by atoms with Gasteiger partial charge in [0.2, 0.25) is 5.52 Å². The van der Waals surface area contributed by atoms with Gasteiger partial charge in [-0.2, -0.15) is 4.57 Å². The first-order valence-electron chi connectivity index (χ1n) is 12.1. The molecule has 0 atom stereocenters. The highest BCUT2D eigenvalue weighted by Crippen LogP contribution is 2.31.